The Kier molecular flexibility index (Phi) is 5.95. The molecule has 22 heavy (non-hydrogen) atoms. The first-order chi connectivity index (χ1) is 10.7. The third-order valence-electron chi connectivity index (χ3n) is 3.81. The van der Waals surface area contributed by atoms with E-state index in [0.29, 0.717) is 31.9 Å². The quantitative estimate of drug-likeness (QED) is 0.783. The van der Waals surface area contributed by atoms with Crippen LogP contribution >= 0.6 is 0 Å². The van der Waals surface area contributed by atoms with E-state index in [-0.39, 0.29) is 17.8 Å². The third-order valence-corrected chi connectivity index (χ3v) is 3.81. The van der Waals surface area contributed by atoms with Crippen molar-refractivity contribution in [1.82, 2.24) is 4.90 Å². The SMILES string of the molecule is CCOC(=O)C1CCCN(C(=O)c2cccc(COC)c2)C1. The van der Waals surface area contributed by atoms with Crippen LogP contribution in [-0.4, -0.2) is 43.6 Å². The number of ether oxygens (including phenoxy) is 2. The largest absolute Gasteiger partial charge is 0.466 e. The molecule has 1 aromatic carbocycles. The lowest BCUT2D eigenvalue weighted by molar-refractivity contribution is -0.149. The van der Waals surface area contributed by atoms with Crippen molar-refractivity contribution < 1.29 is 19.1 Å². The Morgan fingerprint density at radius 3 is 2.91 bits per heavy atom. The summed E-state index contributed by atoms with van der Waals surface area (Å²) in [5.74, 6) is -0.445. The van der Waals surface area contributed by atoms with Crippen molar-refractivity contribution in [3.63, 3.8) is 0 Å². The molecule has 1 aromatic rings. The van der Waals surface area contributed by atoms with Gasteiger partial charge in [-0.25, -0.2) is 0 Å². The van der Waals surface area contributed by atoms with Gasteiger partial charge in [0, 0.05) is 25.8 Å². The molecule has 5 heteroatoms. The van der Waals surface area contributed by atoms with E-state index in [1.54, 1.807) is 25.0 Å². The molecule has 0 N–H and O–H groups in total. The fraction of sp³-hybridized carbons (Fsp3) is 0.529. The van der Waals surface area contributed by atoms with Crippen LogP contribution in [0.2, 0.25) is 0 Å². The van der Waals surface area contributed by atoms with Crippen LogP contribution in [0.25, 0.3) is 0 Å². The molecule has 0 radical (unpaired) electrons. The molecule has 1 saturated heterocycles. The Hall–Kier alpha value is -1.88. The molecule has 1 aliphatic rings. The van der Waals surface area contributed by atoms with Crippen LogP contribution in [0.3, 0.4) is 0 Å². The van der Waals surface area contributed by atoms with Gasteiger partial charge in [-0.05, 0) is 37.5 Å². The monoisotopic (exact) mass is 305 g/mol. The van der Waals surface area contributed by atoms with Crippen molar-refractivity contribution in [2.24, 2.45) is 5.92 Å². The number of benzene rings is 1. The number of esters is 1. The summed E-state index contributed by atoms with van der Waals surface area (Å²) in [7, 11) is 1.63. The summed E-state index contributed by atoms with van der Waals surface area (Å²) in [5.41, 5.74) is 1.60. The van der Waals surface area contributed by atoms with E-state index in [0.717, 1.165) is 18.4 Å². The molecule has 1 unspecified atom stereocenters. The average molecular weight is 305 g/mol. The Morgan fingerprint density at radius 2 is 2.18 bits per heavy atom. The molecule has 0 saturated carbocycles. The first-order valence-corrected chi connectivity index (χ1v) is 7.69. The van der Waals surface area contributed by atoms with E-state index >= 15 is 0 Å². The zero-order valence-corrected chi connectivity index (χ0v) is 13.2. The van der Waals surface area contributed by atoms with E-state index in [1.165, 1.54) is 0 Å². The van der Waals surface area contributed by atoms with Crippen LogP contribution in [0.1, 0.15) is 35.7 Å². The number of methoxy groups -OCH3 is 1. The molecule has 0 aromatic heterocycles. The van der Waals surface area contributed by atoms with Crippen molar-refractivity contribution in [1.29, 1.82) is 0 Å². The Balaban J connectivity index is 2.05. The molecule has 0 spiro atoms. The molecule has 120 valence electrons. The number of likely N-dealkylation sites (tertiary alicyclic amines) is 1. The smallest absolute Gasteiger partial charge is 0.310 e. The minimum Gasteiger partial charge on any atom is -0.466 e. The predicted molar refractivity (Wildman–Crippen MR) is 82.4 cm³/mol. The highest BCUT2D eigenvalue weighted by Crippen LogP contribution is 2.20. The summed E-state index contributed by atoms with van der Waals surface area (Å²) >= 11 is 0. The van der Waals surface area contributed by atoms with Crippen LogP contribution in [0.5, 0.6) is 0 Å². The number of nitrogens with zero attached hydrogens (tertiary/aromatic N) is 1. The molecule has 0 aliphatic carbocycles. The highest BCUT2D eigenvalue weighted by molar-refractivity contribution is 5.94. The van der Waals surface area contributed by atoms with Gasteiger partial charge in [0.1, 0.15) is 0 Å². The molecule has 1 fully saturated rings. The van der Waals surface area contributed by atoms with E-state index in [9.17, 15) is 9.59 Å². The maximum atomic E-state index is 12.6. The van der Waals surface area contributed by atoms with Gasteiger partial charge in [0.05, 0.1) is 19.1 Å². The molecular weight excluding hydrogens is 282 g/mol. The van der Waals surface area contributed by atoms with Gasteiger partial charge in [-0.1, -0.05) is 12.1 Å². The van der Waals surface area contributed by atoms with Crippen LogP contribution in [0.15, 0.2) is 24.3 Å². The lowest BCUT2D eigenvalue weighted by atomic mass is 9.97. The van der Waals surface area contributed by atoms with Crippen molar-refractivity contribution in [3.05, 3.63) is 35.4 Å². The first kappa shape index (κ1) is 16.5. The van der Waals surface area contributed by atoms with Gasteiger partial charge in [0.2, 0.25) is 0 Å². The molecule has 1 aliphatic heterocycles. The van der Waals surface area contributed by atoms with Crippen molar-refractivity contribution in [2.75, 3.05) is 26.8 Å². The Morgan fingerprint density at radius 1 is 1.36 bits per heavy atom. The maximum Gasteiger partial charge on any atom is 0.310 e. The number of rotatable bonds is 5. The molecule has 1 atom stereocenters. The summed E-state index contributed by atoms with van der Waals surface area (Å²) in [6.45, 7) is 3.77. The number of hydrogen-bond acceptors (Lipinski definition) is 4. The summed E-state index contributed by atoms with van der Waals surface area (Å²) < 4.78 is 10.2. The summed E-state index contributed by atoms with van der Waals surface area (Å²) in [6.07, 6.45) is 1.61. The molecule has 0 bridgehead atoms. The molecular formula is C17H23NO4. The second-order valence-corrected chi connectivity index (χ2v) is 5.48. The summed E-state index contributed by atoms with van der Waals surface area (Å²) in [6, 6.07) is 7.43. The van der Waals surface area contributed by atoms with Gasteiger partial charge >= 0.3 is 5.97 Å². The van der Waals surface area contributed by atoms with Crippen LogP contribution in [0, 0.1) is 5.92 Å². The topological polar surface area (TPSA) is 55.8 Å². The number of amides is 1. The summed E-state index contributed by atoms with van der Waals surface area (Å²) in [5, 5.41) is 0. The molecule has 5 nitrogen and oxygen atoms in total. The van der Waals surface area contributed by atoms with Gasteiger partial charge < -0.3 is 14.4 Å². The molecule has 1 amide bonds. The van der Waals surface area contributed by atoms with Crippen molar-refractivity contribution in [3.8, 4) is 0 Å². The zero-order valence-electron chi connectivity index (χ0n) is 13.2. The van der Waals surface area contributed by atoms with Crippen LogP contribution in [-0.2, 0) is 20.9 Å². The minimum absolute atomic E-state index is 0.0352. The highest BCUT2D eigenvalue weighted by atomic mass is 16.5. The predicted octanol–water partition coefficient (Wildman–Crippen LogP) is 2.25. The number of carbonyl (C=O) groups excluding carboxylic acids is 2. The van der Waals surface area contributed by atoms with Crippen molar-refractivity contribution in [2.45, 2.75) is 26.4 Å². The standard InChI is InChI=1S/C17H23NO4/c1-3-22-17(20)15-8-5-9-18(11-15)16(19)14-7-4-6-13(10-14)12-21-2/h4,6-7,10,15H,3,5,8-9,11-12H2,1-2H3. The van der Waals surface area contributed by atoms with Gasteiger partial charge in [-0.2, -0.15) is 0 Å². The molecule has 2 rings (SSSR count). The van der Waals surface area contributed by atoms with E-state index in [2.05, 4.69) is 0 Å². The average Bonchev–Trinajstić information content (AvgIpc) is 2.55. The van der Waals surface area contributed by atoms with Crippen LogP contribution in [0.4, 0.5) is 0 Å². The van der Waals surface area contributed by atoms with Gasteiger partial charge in [0.25, 0.3) is 5.91 Å². The number of carbonyl (C=O) groups is 2. The fourth-order valence-corrected chi connectivity index (χ4v) is 2.76. The van der Waals surface area contributed by atoms with Gasteiger partial charge in [-0.3, -0.25) is 9.59 Å². The van der Waals surface area contributed by atoms with Crippen molar-refractivity contribution >= 4 is 11.9 Å². The Bertz CT molecular complexity index is 529. The maximum absolute atomic E-state index is 12.6. The number of hydrogen-bond donors (Lipinski definition) is 0. The zero-order chi connectivity index (χ0) is 15.9. The highest BCUT2D eigenvalue weighted by Gasteiger charge is 2.29. The third kappa shape index (κ3) is 4.07. The summed E-state index contributed by atoms with van der Waals surface area (Å²) in [4.78, 5) is 26.2. The first-order valence-electron chi connectivity index (χ1n) is 7.69. The van der Waals surface area contributed by atoms with Crippen LogP contribution < -0.4 is 0 Å². The second-order valence-electron chi connectivity index (χ2n) is 5.48. The second kappa shape index (κ2) is 7.94. The Labute approximate surface area is 131 Å². The molecule has 1 heterocycles. The fourth-order valence-electron chi connectivity index (χ4n) is 2.76. The van der Waals surface area contributed by atoms with Gasteiger partial charge in [-0.15, -0.1) is 0 Å². The lowest BCUT2D eigenvalue weighted by Crippen LogP contribution is -2.42. The number of piperidine rings is 1. The normalized spacial score (nSPS) is 18.1. The lowest BCUT2D eigenvalue weighted by Gasteiger charge is -2.31. The van der Waals surface area contributed by atoms with E-state index in [1.807, 2.05) is 18.2 Å². The van der Waals surface area contributed by atoms with E-state index in [4.69, 9.17) is 9.47 Å². The minimum atomic E-state index is -0.209. The van der Waals surface area contributed by atoms with E-state index < -0.39 is 0 Å². The van der Waals surface area contributed by atoms with Gasteiger partial charge in [0.15, 0.2) is 0 Å².